The second-order valence-corrected chi connectivity index (χ2v) is 13.3. The fraction of sp³-hybridized carbons (Fsp3) is 0.0652. The van der Waals surface area contributed by atoms with E-state index >= 15 is 0 Å². The van der Waals surface area contributed by atoms with Crippen molar-refractivity contribution in [1.82, 2.24) is 15.0 Å². The van der Waals surface area contributed by atoms with Crippen molar-refractivity contribution in [1.29, 1.82) is 0 Å². The van der Waals surface area contributed by atoms with Gasteiger partial charge in [-0.3, -0.25) is 0 Å². The van der Waals surface area contributed by atoms with E-state index < -0.39 is 0 Å². The van der Waals surface area contributed by atoms with Gasteiger partial charge in [0.25, 0.3) is 0 Å². The minimum absolute atomic E-state index is 0.234. The number of fused-ring (bicyclic) bond motifs is 7. The first-order chi connectivity index (χ1) is 24.7. The molecule has 0 spiro atoms. The van der Waals surface area contributed by atoms with Crippen LogP contribution in [0.4, 0.5) is 0 Å². The predicted molar refractivity (Wildman–Crippen MR) is 205 cm³/mol. The molecule has 1 aliphatic carbocycles. The maximum Gasteiger partial charge on any atom is 0.164 e. The van der Waals surface area contributed by atoms with Crippen LogP contribution in [0.15, 0.2) is 156 Å². The van der Waals surface area contributed by atoms with Gasteiger partial charge in [0, 0.05) is 33.6 Å². The molecule has 50 heavy (non-hydrogen) atoms. The quantitative estimate of drug-likeness (QED) is 0.179. The maximum atomic E-state index is 6.67. The number of rotatable bonds is 4. The van der Waals surface area contributed by atoms with Crippen LogP contribution in [0, 0.1) is 0 Å². The van der Waals surface area contributed by atoms with Gasteiger partial charge in [-0.25, -0.2) is 15.0 Å². The molecule has 7 aromatic carbocycles. The summed E-state index contributed by atoms with van der Waals surface area (Å²) in [6, 6.07) is 51.2. The lowest BCUT2D eigenvalue weighted by Crippen LogP contribution is -2.08. The van der Waals surface area contributed by atoms with Crippen LogP contribution in [0.3, 0.4) is 0 Å². The van der Waals surface area contributed by atoms with Crippen molar-refractivity contribution < 1.29 is 4.42 Å². The van der Waals surface area contributed by atoms with Crippen molar-refractivity contribution in [2.75, 3.05) is 0 Å². The van der Waals surface area contributed by atoms with E-state index in [0.717, 1.165) is 67.3 Å². The third-order valence-corrected chi connectivity index (χ3v) is 10.1. The van der Waals surface area contributed by atoms with E-state index in [4.69, 9.17) is 19.4 Å². The largest absolute Gasteiger partial charge is 0.460 e. The Morgan fingerprint density at radius 2 is 1.08 bits per heavy atom. The normalized spacial score (nSPS) is 14.3. The first kappa shape index (κ1) is 28.6. The number of nitrogens with zero attached hydrogens (tertiary/aromatic N) is 3. The summed E-state index contributed by atoms with van der Waals surface area (Å²) in [4.78, 5) is 15.6. The van der Waals surface area contributed by atoms with Crippen molar-refractivity contribution in [2.24, 2.45) is 0 Å². The maximum absolute atomic E-state index is 6.67. The Hall–Kier alpha value is -6.39. The zero-order valence-corrected chi connectivity index (χ0v) is 27.5. The molecule has 1 unspecified atom stereocenters. The Bertz CT molecular complexity index is 2810. The molecule has 236 valence electrons. The molecule has 0 aliphatic heterocycles. The van der Waals surface area contributed by atoms with Crippen LogP contribution in [-0.4, -0.2) is 15.0 Å². The molecule has 0 amide bonds. The van der Waals surface area contributed by atoms with Gasteiger partial charge in [-0.15, -0.1) is 0 Å². The minimum Gasteiger partial charge on any atom is -0.460 e. The summed E-state index contributed by atoms with van der Waals surface area (Å²) in [7, 11) is 0. The molecule has 2 heterocycles. The van der Waals surface area contributed by atoms with Crippen molar-refractivity contribution in [3.8, 4) is 33.9 Å². The zero-order chi connectivity index (χ0) is 33.2. The van der Waals surface area contributed by atoms with Crippen molar-refractivity contribution in [2.45, 2.75) is 19.3 Å². The minimum atomic E-state index is 0.234. The summed E-state index contributed by atoms with van der Waals surface area (Å²) in [5, 5.41) is 8.23. The molecular weight excluding hydrogens is 611 g/mol. The van der Waals surface area contributed by atoms with Crippen LogP contribution in [0.2, 0.25) is 0 Å². The molecule has 4 nitrogen and oxygen atoms in total. The number of furan rings is 1. The number of hydrogen-bond donors (Lipinski definition) is 0. The SMILES string of the molecule is CC1CC=C(c2nc(-c3ccc4ccccc4c3)nc(-c3ccc4c(ccc5ccccc54)c3)n2)c2c1oc1cc(-c3ccccc3)ccc21. The van der Waals surface area contributed by atoms with E-state index in [1.165, 1.54) is 21.5 Å². The summed E-state index contributed by atoms with van der Waals surface area (Å²) in [6.45, 7) is 2.23. The second-order valence-electron chi connectivity index (χ2n) is 13.3. The molecule has 1 atom stereocenters. The van der Waals surface area contributed by atoms with E-state index in [2.05, 4.69) is 153 Å². The van der Waals surface area contributed by atoms with Gasteiger partial charge in [0.1, 0.15) is 11.3 Å². The average molecular weight is 642 g/mol. The second kappa shape index (κ2) is 11.4. The third-order valence-electron chi connectivity index (χ3n) is 10.1. The van der Waals surface area contributed by atoms with Crippen LogP contribution in [0.1, 0.15) is 36.4 Å². The zero-order valence-electron chi connectivity index (χ0n) is 27.5. The van der Waals surface area contributed by atoms with Gasteiger partial charge in [-0.1, -0.05) is 134 Å². The van der Waals surface area contributed by atoms with Crippen molar-refractivity contribution >= 4 is 48.9 Å². The lowest BCUT2D eigenvalue weighted by atomic mass is 9.87. The van der Waals surface area contributed by atoms with E-state index in [1.54, 1.807) is 0 Å². The molecule has 10 rings (SSSR count). The van der Waals surface area contributed by atoms with E-state index in [9.17, 15) is 0 Å². The molecule has 0 bridgehead atoms. The summed E-state index contributed by atoms with van der Waals surface area (Å²) in [6.07, 6.45) is 3.12. The molecule has 2 aromatic heterocycles. The highest BCUT2D eigenvalue weighted by atomic mass is 16.3. The van der Waals surface area contributed by atoms with Gasteiger partial charge in [0.15, 0.2) is 17.5 Å². The molecule has 0 radical (unpaired) electrons. The smallest absolute Gasteiger partial charge is 0.164 e. The molecular formula is C46H31N3O. The molecule has 0 fully saturated rings. The number of hydrogen-bond acceptors (Lipinski definition) is 4. The average Bonchev–Trinajstić information content (AvgIpc) is 3.57. The highest BCUT2D eigenvalue weighted by Gasteiger charge is 2.29. The standard InChI is InChI=1S/C46H31N3O/c1-28-15-22-40(42-39-24-20-33(27-41(39)50-43(28)42)29-9-3-2-4-10-29)46-48-44(35-19-16-30-11-5-6-13-32(30)25-35)47-45(49-46)36-21-23-38-34(26-36)18-17-31-12-7-8-14-37(31)38/h2-14,16-28H,15H2,1H3. The Balaban J connectivity index is 1.17. The van der Waals surface area contributed by atoms with E-state index in [0.29, 0.717) is 17.5 Å². The fourth-order valence-corrected chi connectivity index (χ4v) is 7.49. The predicted octanol–water partition coefficient (Wildman–Crippen LogP) is 12.0. The highest BCUT2D eigenvalue weighted by molar-refractivity contribution is 6.08. The Morgan fingerprint density at radius 3 is 1.92 bits per heavy atom. The molecule has 1 aliphatic rings. The summed E-state index contributed by atoms with van der Waals surface area (Å²) in [5.41, 5.74) is 7.14. The molecule has 4 heteroatoms. The number of benzene rings is 7. The Kier molecular flexibility index (Phi) is 6.50. The summed E-state index contributed by atoms with van der Waals surface area (Å²) >= 11 is 0. The Labute approximate surface area is 289 Å². The highest BCUT2D eigenvalue weighted by Crippen LogP contribution is 2.44. The van der Waals surface area contributed by atoms with Crippen LogP contribution in [-0.2, 0) is 0 Å². The fourth-order valence-electron chi connectivity index (χ4n) is 7.49. The van der Waals surface area contributed by atoms with Gasteiger partial charge >= 0.3 is 0 Å². The van der Waals surface area contributed by atoms with E-state index in [1.807, 2.05) is 6.07 Å². The first-order valence-electron chi connectivity index (χ1n) is 17.2. The monoisotopic (exact) mass is 641 g/mol. The molecule has 0 saturated heterocycles. The summed E-state index contributed by atoms with van der Waals surface area (Å²) in [5.74, 6) is 3.16. The first-order valence-corrected chi connectivity index (χ1v) is 17.2. The lowest BCUT2D eigenvalue weighted by Gasteiger charge is -2.18. The van der Waals surface area contributed by atoms with Crippen LogP contribution < -0.4 is 0 Å². The van der Waals surface area contributed by atoms with Gasteiger partial charge in [-0.05, 0) is 74.1 Å². The Morgan fingerprint density at radius 1 is 0.480 bits per heavy atom. The van der Waals surface area contributed by atoms with Crippen LogP contribution in [0.25, 0.3) is 82.8 Å². The number of allylic oxidation sites excluding steroid dienone is 1. The van der Waals surface area contributed by atoms with Gasteiger partial charge < -0.3 is 4.42 Å². The van der Waals surface area contributed by atoms with Crippen LogP contribution >= 0.6 is 0 Å². The lowest BCUT2D eigenvalue weighted by molar-refractivity contribution is 0.503. The van der Waals surface area contributed by atoms with E-state index in [-0.39, 0.29) is 5.92 Å². The molecule has 0 N–H and O–H groups in total. The summed E-state index contributed by atoms with van der Waals surface area (Å²) < 4.78 is 6.67. The van der Waals surface area contributed by atoms with Crippen molar-refractivity contribution in [3.05, 3.63) is 169 Å². The number of aromatic nitrogens is 3. The third kappa shape index (κ3) is 4.72. The molecule has 9 aromatic rings. The van der Waals surface area contributed by atoms with Gasteiger partial charge in [0.05, 0.1) is 0 Å². The molecule has 0 saturated carbocycles. The van der Waals surface area contributed by atoms with Crippen LogP contribution in [0.5, 0.6) is 0 Å². The van der Waals surface area contributed by atoms with Gasteiger partial charge in [-0.2, -0.15) is 0 Å². The van der Waals surface area contributed by atoms with Crippen molar-refractivity contribution in [3.63, 3.8) is 0 Å². The topological polar surface area (TPSA) is 51.8 Å². The van der Waals surface area contributed by atoms with Gasteiger partial charge in [0.2, 0.25) is 0 Å².